The number of rotatable bonds is 3. The number of phenolic OH excluding ortho intramolecular Hbond substituents is 1. The second-order valence-corrected chi connectivity index (χ2v) is 6.89. The quantitative estimate of drug-likeness (QED) is 0.752. The number of fused-ring (bicyclic) bond motifs is 1. The van der Waals surface area contributed by atoms with Crippen molar-refractivity contribution >= 4 is 22.7 Å². The van der Waals surface area contributed by atoms with Crippen LogP contribution in [0.25, 0.3) is 10.9 Å². The van der Waals surface area contributed by atoms with Crippen LogP contribution in [0, 0.1) is 0 Å². The van der Waals surface area contributed by atoms with Crippen LogP contribution in [0.1, 0.15) is 26.3 Å². The van der Waals surface area contributed by atoms with E-state index in [1.165, 1.54) is 0 Å². The van der Waals surface area contributed by atoms with Crippen molar-refractivity contribution in [3.8, 4) is 5.75 Å². The number of carbonyl (C=O) groups excluding carboxylic acids is 1. The lowest BCUT2D eigenvalue weighted by molar-refractivity contribution is 0.0636. The number of aromatic hydroxyl groups is 1. The molecule has 1 aromatic heterocycles. The fourth-order valence-corrected chi connectivity index (χ4v) is 2.45. The normalized spacial score (nSPS) is 11.5. The second kappa shape index (κ2) is 6.47. The fraction of sp³-hybridized carbons (Fsp3) is 0.263. The summed E-state index contributed by atoms with van der Waals surface area (Å²) in [6.45, 7) is 6.07. The van der Waals surface area contributed by atoms with Crippen LogP contribution in [0.2, 0.25) is 0 Å². The lowest BCUT2D eigenvalue weighted by Gasteiger charge is -2.19. The first kappa shape index (κ1) is 16.8. The number of carbonyl (C=O) groups is 1. The number of benzene rings is 2. The maximum atomic E-state index is 11.9. The molecule has 0 spiro atoms. The van der Waals surface area contributed by atoms with Gasteiger partial charge in [0.1, 0.15) is 11.4 Å². The van der Waals surface area contributed by atoms with Gasteiger partial charge in [-0.1, -0.05) is 12.1 Å². The Kier molecular flexibility index (Phi) is 4.35. The predicted molar refractivity (Wildman–Crippen MR) is 96.8 cm³/mol. The number of amides is 1. The minimum atomic E-state index is -0.539. The number of nitrogens with one attached hydrogen (secondary N) is 1. The Labute approximate surface area is 146 Å². The average molecular weight is 339 g/mol. The van der Waals surface area contributed by atoms with Crippen LogP contribution >= 0.6 is 0 Å². The molecule has 3 rings (SSSR count). The first-order chi connectivity index (χ1) is 11.8. The third kappa shape index (κ3) is 4.50. The van der Waals surface area contributed by atoms with Crippen molar-refractivity contribution in [3.05, 3.63) is 54.2 Å². The number of ether oxygens (including phenoxy) is 1. The zero-order chi connectivity index (χ0) is 18.0. The van der Waals surface area contributed by atoms with Gasteiger partial charge in [0.25, 0.3) is 0 Å². The van der Waals surface area contributed by atoms with Crippen LogP contribution in [0.5, 0.6) is 5.75 Å². The first-order valence-electron chi connectivity index (χ1n) is 8.04. The summed E-state index contributed by atoms with van der Waals surface area (Å²) in [5.74, 6) is 0.243. The van der Waals surface area contributed by atoms with Crippen molar-refractivity contribution in [3.63, 3.8) is 0 Å². The van der Waals surface area contributed by atoms with E-state index >= 15 is 0 Å². The van der Waals surface area contributed by atoms with E-state index in [1.807, 2.05) is 55.9 Å². The SMILES string of the molecule is CC(C)(C)OC(=O)Nc1ccc2nn(Cc3ccc(O)cc3)cc2c1. The largest absolute Gasteiger partial charge is 0.508 e. The molecule has 0 radical (unpaired) electrons. The Hall–Kier alpha value is -3.02. The lowest BCUT2D eigenvalue weighted by atomic mass is 10.2. The van der Waals surface area contributed by atoms with Crippen molar-refractivity contribution < 1.29 is 14.6 Å². The maximum absolute atomic E-state index is 11.9. The van der Waals surface area contributed by atoms with E-state index in [9.17, 15) is 9.90 Å². The third-order valence-corrected chi connectivity index (χ3v) is 3.48. The second-order valence-electron chi connectivity index (χ2n) is 6.89. The Bertz CT molecular complexity index is 892. The topological polar surface area (TPSA) is 76.4 Å². The molecular formula is C19H21N3O3. The van der Waals surface area contributed by atoms with Crippen LogP contribution in [0.15, 0.2) is 48.7 Å². The molecule has 0 aliphatic rings. The summed E-state index contributed by atoms with van der Waals surface area (Å²) in [6, 6.07) is 12.5. The van der Waals surface area contributed by atoms with Gasteiger partial charge in [0, 0.05) is 17.3 Å². The van der Waals surface area contributed by atoms with E-state index < -0.39 is 11.7 Å². The van der Waals surface area contributed by atoms with Gasteiger partial charge in [-0.15, -0.1) is 0 Å². The Morgan fingerprint density at radius 3 is 2.60 bits per heavy atom. The molecule has 0 aliphatic carbocycles. The number of nitrogens with zero attached hydrogens (tertiary/aromatic N) is 2. The molecule has 0 atom stereocenters. The highest BCUT2D eigenvalue weighted by Crippen LogP contribution is 2.20. The predicted octanol–water partition coefficient (Wildman–Crippen LogP) is 4.14. The Morgan fingerprint density at radius 1 is 1.20 bits per heavy atom. The summed E-state index contributed by atoms with van der Waals surface area (Å²) < 4.78 is 7.08. The molecule has 3 aromatic rings. The van der Waals surface area contributed by atoms with Crippen LogP contribution in [-0.2, 0) is 11.3 Å². The molecule has 1 heterocycles. The van der Waals surface area contributed by atoms with E-state index in [-0.39, 0.29) is 5.75 Å². The molecule has 25 heavy (non-hydrogen) atoms. The summed E-state index contributed by atoms with van der Waals surface area (Å²) in [6.07, 6.45) is 1.44. The minimum Gasteiger partial charge on any atom is -0.508 e. The maximum Gasteiger partial charge on any atom is 0.412 e. The lowest BCUT2D eigenvalue weighted by Crippen LogP contribution is -2.27. The number of phenols is 1. The zero-order valence-corrected chi connectivity index (χ0v) is 14.5. The highest BCUT2D eigenvalue weighted by molar-refractivity contribution is 5.89. The molecule has 0 bridgehead atoms. The molecule has 6 heteroatoms. The number of hydrogen-bond acceptors (Lipinski definition) is 4. The molecule has 0 saturated heterocycles. The van der Waals surface area contributed by atoms with Gasteiger partial charge in [-0.25, -0.2) is 4.79 Å². The third-order valence-electron chi connectivity index (χ3n) is 3.48. The van der Waals surface area contributed by atoms with Crippen molar-refractivity contribution in [2.45, 2.75) is 32.9 Å². The van der Waals surface area contributed by atoms with E-state index in [1.54, 1.807) is 18.2 Å². The van der Waals surface area contributed by atoms with Crippen LogP contribution in [0.3, 0.4) is 0 Å². The molecule has 1 amide bonds. The van der Waals surface area contributed by atoms with Crippen molar-refractivity contribution in [2.75, 3.05) is 5.32 Å². The summed E-state index contributed by atoms with van der Waals surface area (Å²) in [4.78, 5) is 11.9. The van der Waals surface area contributed by atoms with Crippen molar-refractivity contribution in [1.82, 2.24) is 9.78 Å². The smallest absolute Gasteiger partial charge is 0.412 e. The van der Waals surface area contributed by atoms with E-state index in [0.29, 0.717) is 12.2 Å². The molecule has 2 N–H and O–H groups in total. The van der Waals surface area contributed by atoms with Gasteiger partial charge >= 0.3 is 6.09 Å². The summed E-state index contributed by atoms with van der Waals surface area (Å²) in [5.41, 5.74) is 2.00. The van der Waals surface area contributed by atoms with E-state index in [0.717, 1.165) is 16.5 Å². The van der Waals surface area contributed by atoms with Gasteiger partial charge in [-0.2, -0.15) is 5.10 Å². The molecule has 0 unspecified atom stereocenters. The highest BCUT2D eigenvalue weighted by atomic mass is 16.6. The summed E-state index contributed by atoms with van der Waals surface area (Å²) in [5, 5.41) is 17.5. The van der Waals surface area contributed by atoms with Crippen molar-refractivity contribution in [1.29, 1.82) is 0 Å². The molecule has 6 nitrogen and oxygen atoms in total. The Balaban J connectivity index is 1.75. The Morgan fingerprint density at radius 2 is 1.92 bits per heavy atom. The minimum absolute atomic E-state index is 0.243. The molecule has 0 fully saturated rings. The van der Waals surface area contributed by atoms with Crippen LogP contribution in [0.4, 0.5) is 10.5 Å². The number of hydrogen-bond donors (Lipinski definition) is 2. The van der Waals surface area contributed by atoms with Crippen LogP contribution in [-0.4, -0.2) is 26.6 Å². The summed E-state index contributed by atoms with van der Waals surface area (Å²) in [7, 11) is 0. The van der Waals surface area contributed by atoms with E-state index in [2.05, 4.69) is 10.4 Å². The zero-order valence-electron chi connectivity index (χ0n) is 14.5. The molecule has 0 aliphatic heterocycles. The van der Waals surface area contributed by atoms with Gasteiger partial charge in [-0.05, 0) is 56.7 Å². The number of anilines is 1. The monoisotopic (exact) mass is 339 g/mol. The van der Waals surface area contributed by atoms with Crippen molar-refractivity contribution in [2.24, 2.45) is 0 Å². The molecule has 2 aromatic carbocycles. The fourth-order valence-electron chi connectivity index (χ4n) is 2.45. The van der Waals surface area contributed by atoms with E-state index in [4.69, 9.17) is 4.74 Å². The van der Waals surface area contributed by atoms with Gasteiger partial charge in [0.15, 0.2) is 0 Å². The van der Waals surface area contributed by atoms with Gasteiger partial charge < -0.3 is 9.84 Å². The molecule has 0 saturated carbocycles. The van der Waals surface area contributed by atoms with Gasteiger partial charge in [0.2, 0.25) is 0 Å². The standard InChI is InChI=1S/C19H21N3O3/c1-19(2,3)25-18(24)20-15-6-9-17-14(10-15)12-22(21-17)11-13-4-7-16(23)8-5-13/h4-10,12,23H,11H2,1-3H3,(H,20,24). The van der Waals surface area contributed by atoms with Gasteiger partial charge in [-0.3, -0.25) is 10.00 Å². The molecule has 130 valence electrons. The van der Waals surface area contributed by atoms with Gasteiger partial charge in [0.05, 0.1) is 12.1 Å². The summed E-state index contributed by atoms with van der Waals surface area (Å²) >= 11 is 0. The molecular weight excluding hydrogens is 318 g/mol. The first-order valence-corrected chi connectivity index (χ1v) is 8.04. The average Bonchev–Trinajstić information content (AvgIpc) is 2.89. The van der Waals surface area contributed by atoms with Crippen LogP contribution < -0.4 is 5.32 Å². The number of aromatic nitrogens is 2. The highest BCUT2D eigenvalue weighted by Gasteiger charge is 2.16.